The number of hydrogen-bond donors (Lipinski definition) is 3. The Hall–Kier alpha value is -2.40. The van der Waals surface area contributed by atoms with Crippen LogP contribution in [0.5, 0.6) is 0 Å². The lowest BCUT2D eigenvalue weighted by atomic mass is 10.1. The standard InChI is InChI=1S/C16H17N3OS/c17-16(21)19-14-8-4-7-13(11-14)15(20)18-10-9-12-5-2-1-3-6-12/h1-8,11H,9-10H2,(H,18,20)(H3,17,19,21). The van der Waals surface area contributed by atoms with E-state index in [0.29, 0.717) is 17.8 Å². The molecule has 2 aromatic carbocycles. The van der Waals surface area contributed by atoms with Crippen molar-refractivity contribution in [3.05, 3.63) is 65.7 Å². The fourth-order valence-electron chi connectivity index (χ4n) is 1.95. The summed E-state index contributed by atoms with van der Waals surface area (Å²) in [6, 6.07) is 17.1. The average Bonchev–Trinajstić information content (AvgIpc) is 2.48. The van der Waals surface area contributed by atoms with Crippen molar-refractivity contribution >= 4 is 28.9 Å². The van der Waals surface area contributed by atoms with Gasteiger partial charge in [0.1, 0.15) is 0 Å². The molecule has 108 valence electrons. The molecule has 0 atom stereocenters. The molecule has 0 heterocycles. The molecule has 1 amide bonds. The number of benzene rings is 2. The van der Waals surface area contributed by atoms with Crippen molar-refractivity contribution in [1.29, 1.82) is 0 Å². The van der Waals surface area contributed by atoms with E-state index in [1.54, 1.807) is 24.3 Å². The third kappa shape index (κ3) is 4.89. The predicted octanol–water partition coefficient (Wildman–Crippen LogP) is 2.31. The summed E-state index contributed by atoms with van der Waals surface area (Å²) in [5.74, 6) is -0.113. The Kier molecular flexibility index (Phi) is 5.29. The van der Waals surface area contributed by atoms with Crippen LogP contribution in [0.25, 0.3) is 0 Å². The van der Waals surface area contributed by atoms with Crippen LogP contribution in [0, 0.1) is 0 Å². The third-order valence-electron chi connectivity index (χ3n) is 2.93. The molecule has 2 aromatic rings. The molecule has 21 heavy (non-hydrogen) atoms. The Labute approximate surface area is 129 Å². The van der Waals surface area contributed by atoms with E-state index in [4.69, 9.17) is 18.0 Å². The van der Waals surface area contributed by atoms with Crippen molar-refractivity contribution in [2.75, 3.05) is 11.9 Å². The average molecular weight is 299 g/mol. The summed E-state index contributed by atoms with van der Waals surface area (Å²) in [4.78, 5) is 12.1. The van der Waals surface area contributed by atoms with Crippen LogP contribution in [0.1, 0.15) is 15.9 Å². The van der Waals surface area contributed by atoms with Crippen molar-refractivity contribution in [3.63, 3.8) is 0 Å². The molecule has 0 aliphatic carbocycles. The van der Waals surface area contributed by atoms with E-state index in [2.05, 4.69) is 10.6 Å². The number of carbonyl (C=O) groups is 1. The molecule has 2 rings (SSSR count). The minimum atomic E-state index is -0.113. The molecule has 0 aliphatic rings. The fraction of sp³-hybridized carbons (Fsp3) is 0.125. The number of carbonyl (C=O) groups excluding carboxylic acids is 1. The van der Waals surface area contributed by atoms with Crippen molar-refractivity contribution in [2.24, 2.45) is 5.73 Å². The van der Waals surface area contributed by atoms with E-state index < -0.39 is 0 Å². The maximum Gasteiger partial charge on any atom is 0.251 e. The lowest BCUT2D eigenvalue weighted by Crippen LogP contribution is -2.26. The second kappa shape index (κ2) is 7.40. The molecule has 5 heteroatoms. The van der Waals surface area contributed by atoms with E-state index >= 15 is 0 Å². The molecule has 0 radical (unpaired) electrons. The van der Waals surface area contributed by atoms with E-state index in [1.165, 1.54) is 5.56 Å². The molecule has 0 saturated carbocycles. The Morgan fingerprint density at radius 3 is 2.57 bits per heavy atom. The summed E-state index contributed by atoms with van der Waals surface area (Å²) in [6.07, 6.45) is 0.803. The van der Waals surface area contributed by atoms with Crippen LogP contribution in [0.2, 0.25) is 0 Å². The van der Waals surface area contributed by atoms with Crippen LogP contribution in [-0.4, -0.2) is 17.6 Å². The summed E-state index contributed by atoms with van der Waals surface area (Å²) in [7, 11) is 0. The maximum atomic E-state index is 12.1. The second-order valence-corrected chi connectivity index (χ2v) is 5.00. The monoisotopic (exact) mass is 299 g/mol. The SMILES string of the molecule is NC(=S)Nc1cccc(C(=O)NCCc2ccccc2)c1. The van der Waals surface area contributed by atoms with Crippen molar-refractivity contribution in [1.82, 2.24) is 5.32 Å². The number of hydrogen-bond acceptors (Lipinski definition) is 2. The van der Waals surface area contributed by atoms with Gasteiger partial charge < -0.3 is 16.4 Å². The van der Waals surface area contributed by atoms with Crippen LogP contribution in [-0.2, 0) is 6.42 Å². The number of thiocarbonyl (C=S) groups is 1. The number of amides is 1. The minimum absolute atomic E-state index is 0.113. The molecular weight excluding hydrogens is 282 g/mol. The van der Waals surface area contributed by atoms with Crippen LogP contribution < -0.4 is 16.4 Å². The zero-order chi connectivity index (χ0) is 15.1. The van der Waals surface area contributed by atoms with Crippen molar-refractivity contribution < 1.29 is 4.79 Å². The van der Waals surface area contributed by atoms with E-state index in [9.17, 15) is 4.79 Å². The maximum absolute atomic E-state index is 12.1. The number of nitrogens with one attached hydrogen (secondary N) is 2. The van der Waals surface area contributed by atoms with Gasteiger partial charge in [-0.15, -0.1) is 0 Å². The fourth-order valence-corrected chi connectivity index (χ4v) is 2.07. The number of anilines is 1. The number of nitrogens with two attached hydrogens (primary N) is 1. The molecule has 0 unspecified atom stereocenters. The van der Waals surface area contributed by atoms with Gasteiger partial charge in [-0.1, -0.05) is 36.4 Å². The van der Waals surface area contributed by atoms with Crippen molar-refractivity contribution in [3.8, 4) is 0 Å². The summed E-state index contributed by atoms with van der Waals surface area (Å²) in [6.45, 7) is 0.593. The first-order valence-corrected chi connectivity index (χ1v) is 7.04. The van der Waals surface area contributed by atoms with Gasteiger partial charge in [0.15, 0.2) is 5.11 Å². The topological polar surface area (TPSA) is 67.1 Å². The Bertz CT molecular complexity index is 628. The molecule has 0 spiro atoms. The number of rotatable bonds is 5. The van der Waals surface area contributed by atoms with Crippen molar-refractivity contribution in [2.45, 2.75) is 6.42 Å². The van der Waals surface area contributed by atoms with Gasteiger partial charge in [0.2, 0.25) is 0 Å². The molecule has 0 aromatic heterocycles. The van der Waals surface area contributed by atoms with E-state index in [0.717, 1.165) is 6.42 Å². The molecular formula is C16H17N3OS. The van der Waals surface area contributed by atoms with Crippen LogP contribution in [0.15, 0.2) is 54.6 Å². The molecule has 0 bridgehead atoms. The van der Waals surface area contributed by atoms with E-state index in [1.807, 2.05) is 30.3 Å². The lowest BCUT2D eigenvalue weighted by Gasteiger charge is -2.08. The first-order chi connectivity index (χ1) is 10.1. The quantitative estimate of drug-likeness (QED) is 0.741. The Morgan fingerprint density at radius 2 is 1.86 bits per heavy atom. The first kappa shape index (κ1) is 15.0. The van der Waals surface area contributed by atoms with Gasteiger partial charge in [-0.25, -0.2) is 0 Å². The smallest absolute Gasteiger partial charge is 0.251 e. The highest BCUT2D eigenvalue weighted by Crippen LogP contribution is 2.10. The minimum Gasteiger partial charge on any atom is -0.376 e. The Balaban J connectivity index is 1.89. The summed E-state index contributed by atoms with van der Waals surface area (Å²) >= 11 is 4.78. The third-order valence-corrected chi connectivity index (χ3v) is 3.04. The normalized spacial score (nSPS) is 9.90. The molecule has 0 aliphatic heterocycles. The van der Waals surface area contributed by atoms with Gasteiger partial charge >= 0.3 is 0 Å². The largest absolute Gasteiger partial charge is 0.376 e. The first-order valence-electron chi connectivity index (χ1n) is 6.64. The molecule has 0 saturated heterocycles. The summed E-state index contributed by atoms with van der Waals surface area (Å²) < 4.78 is 0. The summed E-state index contributed by atoms with van der Waals surface area (Å²) in [5.41, 5.74) is 7.89. The lowest BCUT2D eigenvalue weighted by molar-refractivity contribution is 0.0954. The molecule has 4 nitrogen and oxygen atoms in total. The highest BCUT2D eigenvalue weighted by atomic mass is 32.1. The van der Waals surface area contributed by atoms with Crippen LogP contribution in [0.4, 0.5) is 5.69 Å². The second-order valence-electron chi connectivity index (χ2n) is 4.56. The predicted molar refractivity (Wildman–Crippen MR) is 89.3 cm³/mol. The molecule has 0 fully saturated rings. The van der Waals surface area contributed by atoms with Crippen LogP contribution >= 0.6 is 12.2 Å². The zero-order valence-electron chi connectivity index (χ0n) is 11.5. The van der Waals surface area contributed by atoms with Gasteiger partial charge in [0.25, 0.3) is 5.91 Å². The van der Waals surface area contributed by atoms with E-state index in [-0.39, 0.29) is 11.0 Å². The summed E-state index contributed by atoms with van der Waals surface area (Å²) in [5, 5.41) is 5.89. The Morgan fingerprint density at radius 1 is 1.10 bits per heavy atom. The highest BCUT2D eigenvalue weighted by molar-refractivity contribution is 7.80. The van der Waals surface area contributed by atoms with Gasteiger partial charge in [-0.05, 0) is 42.4 Å². The van der Waals surface area contributed by atoms with Gasteiger partial charge in [-0.3, -0.25) is 4.79 Å². The highest BCUT2D eigenvalue weighted by Gasteiger charge is 2.06. The van der Waals surface area contributed by atoms with Gasteiger partial charge in [0, 0.05) is 17.8 Å². The van der Waals surface area contributed by atoms with Crippen LogP contribution in [0.3, 0.4) is 0 Å². The molecule has 4 N–H and O–H groups in total. The van der Waals surface area contributed by atoms with Gasteiger partial charge in [-0.2, -0.15) is 0 Å². The zero-order valence-corrected chi connectivity index (χ0v) is 12.3. The van der Waals surface area contributed by atoms with Gasteiger partial charge in [0.05, 0.1) is 0 Å².